The zero-order valence-electron chi connectivity index (χ0n) is 9.86. The van der Waals surface area contributed by atoms with E-state index in [1.165, 1.54) is 0 Å². The summed E-state index contributed by atoms with van der Waals surface area (Å²) in [6.45, 7) is 2.02. The molecular weight excluding hydrogens is 202 g/mol. The molecule has 0 heterocycles. The number of anilines is 1. The number of nitrogens with one attached hydrogen (secondary N) is 1. The largest absolute Gasteiger partial charge is 0.496 e. The third-order valence-electron chi connectivity index (χ3n) is 3.23. The van der Waals surface area contributed by atoms with E-state index in [1.807, 2.05) is 19.1 Å². The Morgan fingerprint density at radius 3 is 2.75 bits per heavy atom. The van der Waals surface area contributed by atoms with Crippen LogP contribution in [0.4, 0.5) is 5.69 Å². The maximum Gasteiger partial charge on any atom is 0.121 e. The van der Waals surface area contributed by atoms with Crippen molar-refractivity contribution < 1.29 is 9.84 Å². The highest BCUT2D eigenvalue weighted by atomic mass is 16.5. The summed E-state index contributed by atoms with van der Waals surface area (Å²) < 4.78 is 5.21. The zero-order valence-corrected chi connectivity index (χ0v) is 9.86. The van der Waals surface area contributed by atoms with E-state index in [2.05, 4.69) is 11.4 Å². The smallest absolute Gasteiger partial charge is 0.121 e. The monoisotopic (exact) mass is 221 g/mol. The van der Waals surface area contributed by atoms with Crippen LogP contribution in [0.2, 0.25) is 0 Å². The van der Waals surface area contributed by atoms with Gasteiger partial charge in [0.2, 0.25) is 0 Å². The third-order valence-corrected chi connectivity index (χ3v) is 3.23. The van der Waals surface area contributed by atoms with Crippen molar-refractivity contribution in [3.05, 3.63) is 23.8 Å². The molecule has 1 saturated carbocycles. The van der Waals surface area contributed by atoms with E-state index in [4.69, 9.17) is 4.74 Å². The first-order chi connectivity index (χ1) is 7.70. The van der Waals surface area contributed by atoms with Gasteiger partial charge in [-0.3, -0.25) is 0 Å². The predicted molar refractivity (Wildman–Crippen MR) is 65.0 cm³/mol. The SMILES string of the molecule is COc1ccc(NC2CCCC2O)cc1C. The van der Waals surface area contributed by atoms with Gasteiger partial charge in [-0.05, 0) is 49.9 Å². The van der Waals surface area contributed by atoms with Gasteiger partial charge in [0.05, 0.1) is 19.3 Å². The molecule has 1 aromatic carbocycles. The van der Waals surface area contributed by atoms with Crippen LogP contribution in [0.15, 0.2) is 18.2 Å². The van der Waals surface area contributed by atoms with Crippen molar-refractivity contribution in [2.75, 3.05) is 12.4 Å². The minimum atomic E-state index is -0.206. The van der Waals surface area contributed by atoms with Crippen LogP contribution in [0, 0.1) is 6.92 Å². The first-order valence-corrected chi connectivity index (χ1v) is 5.80. The summed E-state index contributed by atoms with van der Waals surface area (Å²) in [5.41, 5.74) is 2.17. The number of hydrogen-bond donors (Lipinski definition) is 2. The van der Waals surface area contributed by atoms with Gasteiger partial charge in [0.1, 0.15) is 5.75 Å². The molecule has 0 radical (unpaired) electrons. The van der Waals surface area contributed by atoms with E-state index in [1.54, 1.807) is 7.11 Å². The van der Waals surface area contributed by atoms with Gasteiger partial charge < -0.3 is 15.2 Å². The summed E-state index contributed by atoms with van der Waals surface area (Å²) in [6, 6.07) is 6.22. The molecule has 0 bridgehead atoms. The summed E-state index contributed by atoms with van der Waals surface area (Å²) in [5, 5.41) is 13.1. The van der Waals surface area contributed by atoms with E-state index in [0.717, 1.165) is 36.3 Å². The number of ether oxygens (including phenoxy) is 1. The fraction of sp³-hybridized carbons (Fsp3) is 0.538. The molecule has 1 fully saturated rings. The van der Waals surface area contributed by atoms with Crippen LogP contribution < -0.4 is 10.1 Å². The molecule has 1 aliphatic carbocycles. The maximum atomic E-state index is 9.73. The summed E-state index contributed by atoms with van der Waals surface area (Å²) in [7, 11) is 1.68. The van der Waals surface area contributed by atoms with Crippen LogP contribution in [-0.2, 0) is 0 Å². The second-order valence-electron chi connectivity index (χ2n) is 4.43. The van der Waals surface area contributed by atoms with E-state index in [-0.39, 0.29) is 12.1 Å². The number of aliphatic hydroxyl groups excluding tert-OH is 1. The van der Waals surface area contributed by atoms with Gasteiger partial charge in [-0.1, -0.05) is 0 Å². The lowest BCUT2D eigenvalue weighted by Crippen LogP contribution is -2.27. The molecule has 3 heteroatoms. The van der Waals surface area contributed by atoms with Crippen LogP contribution in [0.3, 0.4) is 0 Å². The van der Waals surface area contributed by atoms with Crippen molar-refractivity contribution in [2.24, 2.45) is 0 Å². The van der Waals surface area contributed by atoms with Crippen molar-refractivity contribution in [2.45, 2.75) is 38.3 Å². The van der Waals surface area contributed by atoms with Gasteiger partial charge in [0, 0.05) is 5.69 Å². The predicted octanol–water partition coefficient (Wildman–Crippen LogP) is 2.33. The molecule has 2 rings (SSSR count). The third kappa shape index (κ3) is 2.30. The molecule has 88 valence electrons. The molecule has 2 N–H and O–H groups in total. The highest BCUT2D eigenvalue weighted by Gasteiger charge is 2.24. The summed E-state index contributed by atoms with van der Waals surface area (Å²) in [4.78, 5) is 0. The Morgan fingerprint density at radius 1 is 1.38 bits per heavy atom. The zero-order chi connectivity index (χ0) is 11.5. The van der Waals surface area contributed by atoms with Gasteiger partial charge in [0.25, 0.3) is 0 Å². The highest BCUT2D eigenvalue weighted by Crippen LogP contribution is 2.26. The highest BCUT2D eigenvalue weighted by molar-refractivity contribution is 5.51. The maximum absolute atomic E-state index is 9.73. The van der Waals surface area contributed by atoms with Crippen molar-refractivity contribution in [1.29, 1.82) is 0 Å². The van der Waals surface area contributed by atoms with Crippen LogP contribution >= 0.6 is 0 Å². The van der Waals surface area contributed by atoms with Gasteiger partial charge in [0.15, 0.2) is 0 Å². The molecule has 1 aliphatic rings. The number of rotatable bonds is 3. The summed E-state index contributed by atoms with van der Waals surface area (Å²) in [5.74, 6) is 0.900. The van der Waals surface area contributed by atoms with Crippen molar-refractivity contribution in [1.82, 2.24) is 0 Å². The normalized spacial score (nSPS) is 24.4. The van der Waals surface area contributed by atoms with E-state index in [0.29, 0.717) is 0 Å². The number of benzene rings is 1. The van der Waals surface area contributed by atoms with Crippen LogP contribution in [-0.4, -0.2) is 24.4 Å². The standard InChI is InChI=1S/C13H19NO2/c1-9-8-10(6-7-13(9)16-2)14-11-4-3-5-12(11)15/h6-8,11-12,14-15H,3-5H2,1-2H3. The number of aryl methyl sites for hydroxylation is 1. The van der Waals surface area contributed by atoms with Gasteiger partial charge in [-0.2, -0.15) is 0 Å². The molecule has 16 heavy (non-hydrogen) atoms. The fourth-order valence-electron chi connectivity index (χ4n) is 2.29. The minimum absolute atomic E-state index is 0.202. The molecule has 0 amide bonds. The summed E-state index contributed by atoms with van der Waals surface area (Å²) >= 11 is 0. The van der Waals surface area contributed by atoms with Crippen LogP contribution in [0.25, 0.3) is 0 Å². The quantitative estimate of drug-likeness (QED) is 0.823. The lowest BCUT2D eigenvalue weighted by Gasteiger charge is -2.18. The lowest BCUT2D eigenvalue weighted by atomic mass is 10.1. The van der Waals surface area contributed by atoms with Crippen molar-refractivity contribution >= 4 is 5.69 Å². The lowest BCUT2D eigenvalue weighted by molar-refractivity contribution is 0.172. The Bertz CT molecular complexity index is 365. The van der Waals surface area contributed by atoms with Crippen molar-refractivity contribution in [3.8, 4) is 5.75 Å². The minimum Gasteiger partial charge on any atom is -0.496 e. The van der Waals surface area contributed by atoms with Crippen molar-refractivity contribution in [3.63, 3.8) is 0 Å². The molecule has 2 atom stereocenters. The number of methoxy groups -OCH3 is 1. The Kier molecular flexibility index (Phi) is 3.34. The van der Waals surface area contributed by atoms with Gasteiger partial charge in [-0.15, -0.1) is 0 Å². The van der Waals surface area contributed by atoms with E-state index in [9.17, 15) is 5.11 Å². The fourth-order valence-corrected chi connectivity index (χ4v) is 2.29. The second kappa shape index (κ2) is 4.74. The number of aliphatic hydroxyl groups is 1. The summed E-state index contributed by atoms with van der Waals surface area (Å²) in [6.07, 6.45) is 2.86. The number of hydrogen-bond acceptors (Lipinski definition) is 3. The Morgan fingerprint density at radius 2 is 2.19 bits per heavy atom. The molecule has 1 aromatic rings. The molecule has 3 nitrogen and oxygen atoms in total. The van der Waals surface area contributed by atoms with Crippen LogP contribution in [0.5, 0.6) is 5.75 Å². The first-order valence-electron chi connectivity index (χ1n) is 5.80. The Labute approximate surface area is 96.4 Å². The Hall–Kier alpha value is -1.22. The average Bonchev–Trinajstić information content (AvgIpc) is 2.65. The van der Waals surface area contributed by atoms with Gasteiger partial charge in [-0.25, -0.2) is 0 Å². The average molecular weight is 221 g/mol. The molecule has 0 saturated heterocycles. The van der Waals surface area contributed by atoms with Crippen LogP contribution in [0.1, 0.15) is 24.8 Å². The topological polar surface area (TPSA) is 41.5 Å². The van der Waals surface area contributed by atoms with E-state index < -0.39 is 0 Å². The Balaban J connectivity index is 2.07. The molecule has 0 aliphatic heterocycles. The molecule has 0 aromatic heterocycles. The molecule has 2 unspecified atom stereocenters. The van der Waals surface area contributed by atoms with E-state index >= 15 is 0 Å². The molecular formula is C13H19NO2. The second-order valence-corrected chi connectivity index (χ2v) is 4.43. The van der Waals surface area contributed by atoms with Gasteiger partial charge >= 0.3 is 0 Å². The molecule has 0 spiro atoms. The first kappa shape index (κ1) is 11.3.